The molecule has 0 aliphatic carbocycles. The van der Waals surface area contributed by atoms with Gasteiger partial charge in [0.15, 0.2) is 11.5 Å². The van der Waals surface area contributed by atoms with Crippen LogP contribution in [0.4, 0.5) is 0 Å². The molecule has 1 aromatic heterocycles. The number of thioether (sulfide) groups is 1. The van der Waals surface area contributed by atoms with Gasteiger partial charge in [-0.1, -0.05) is 24.2 Å². The molecule has 0 bridgehead atoms. The standard InChI is InChI=1S/C13H11NO3S/c1-7-4-9-3-2-8(5-12(9)18-7)11-6-10(13(15)16)14-17-11/h2-3,5-7H,4H2,1H3,(H,15,16). The zero-order valence-electron chi connectivity index (χ0n) is 9.71. The third kappa shape index (κ3) is 1.90. The van der Waals surface area contributed by atoms with E-state index >= 15 is 0 Å². The Bertz CT molecular complexity index is 620. The highest BCUT2D eigenvalue weighted by Gasteiger charge is 2.20. The van der Waals surface area contributed by atoms with Gasteiger partial charge in [0.2, 0.25) is 0 Å². The fourth-order valence-electron chi connectivity index (χ4n) is 2.07. The van der Waals surface area contributed by atoms with Gasteiger partial charge in [-0.15, -0.1) is 11.8 Å². The van der Waals surface area contributed by atoms with Gasteiger partial charge in [0, 0.05) is 21.8 Å². The summed E-state index contributed by atoms with van der Waals surface area (Å²) in [6.07, 6.45) is 1.08. The van der Waals surface area contributed by atoms with Crippen molar-refractivity contribution in [3.05, 3.63) is 35.5 Å². The number of aromatic carboxylic acids is 1. The molecule has 1 aliphatic rings. The summed E-state index contributed by atoms with van der Waals surface area (Å²) in [6, 6.07) is 7.51. The molecule has 1 atom stereocenters. The van der Waals surface area contributed by atoms with Crippen LogP contribution in [0.5, 0.6) is 0 Å². The molecule has 1 aromatic carbocycles. The van der Waals surface area contributed by atoms with Crippen LogP contribution in [0.3, 0.4) is 0 Å². The highest BCUT2D eigenvalue weighted by Crippen LogP contribution is 2.39. The largest absolute Gasteiger partial charge is 0.476 e. The minimum atomic E-state index is -1.07. The molecule has 0 radical (unpaired) electrons. The number of hydrogen-bond donors (Lipinski definition) is 1. The maximum atomic E-state index is 10.7. The van der Waals surface area contributed by atoms with E-state index < -0.39 is 5.97 Å². The second-order valence-electron chi connectivity index (χ2n) is 4.34. The molecule has 2 heterocycles. The highest BCUT2D eigenvalue weighted by atomic mass is 32.2. The van der Waals surface area contributed by atoms with Crippen molar-refractivity contribution in [1.82, 2.24) is 5.16 Å². The Morgan fingerprint density at radius 1 is 1.50 bits per heavy atom. The van der Waals surface area contributed by atoms with Crippen LogP contribution in [-0.4, -0.2) is 21.5 Å². The Kier molecular flexibility index (Phi) is 2.63. The molecule has 1 aliphatic heterocycles. The van der Waals surface area contributed by atoms with Crippen LogP contribution in [0.2, 0.25) is 0 Å². The number of carboxylic acids is 1. The number of rotatable bonds is 2. The molecule has 1 N–H and O–H groups in total. The lowest BCUT2D eigenvalue weighted by Gasteiger charge is -2.00. The number of hydrogen-bond acceptors (Lipinski definition) is 4. The maximum absolute atomic E-state index is 10.7. The van der Waals surface area contributed by atoms with Crippen molar-refractivity contribution in [2.45, 2.75) is 23.5 Å². The van der Waals surface area contributed by atoms with Crippen LogP contribution in [0, 0.1) is 0 Å². The normalized spacial score (nSPS) is 17.7. The van der Waals surface area contributed by atoms with Crippen LogP contribution in [0.15, 0.2) is 33.7 Å². The number of carboxylic acid groups (broad SMARTS) is 1. The Morgan fingerprint density at radius 3 is 3.06 bits per heavy atom. The molecule has 5 heteroatoms. The SMILES string of the molecule is CC1Cc2ccc(-c3cc(C(=O)O)no3)cc2S1. The third-order valence-electron chi connectivity index (χ3n) is 2.92. The van der Waals surface area contributed by atoms with Crippen molar-refractivity contribution < 1.29 is 14.4 Å². The van der Waals surface area contributed by atoms with E-state index in [0.717, 1.165) is 12.0 Å². The lowest BCUT2D eigenvalue weighted by molar-refractivity contribution is 0.0686. The van der Waals surface area contributed by atoms with Gasteiger partial charge in [-0.2, -0.15) is 0 Å². The second-order valence-corrected chi connectivity index (χ2v) is 5.82. The van der Waals surface area contributed by atoms with Gasteiger partial charge in [-0.25, -0.2) is 4.79 Å². The summed E-state index contributed by atoms with van der Waals surface area (Å²) in [7, 11) is 0. The first-order valence-electron chi connectivity index (χ1n) is 5.63. The quantitative estimate of drug-likeness (QED) is 0.900. The van der Waals surface area contributed by atoms with E-state index in [4.69, 9.17) is 9.63 Å². The first-order valence-corrected chi connectivity index (χ1v) is 6.51. The molecule has 0 spiro atoms. The molecule has 0 amide bonds. The molecule has 0 saturated heterocycles. The smallest absolute Gasteiger partial charge is 0.358 e. The van der Waals surface area contributed by atoms with E-state index in [1.165, 1.54) is 16.5 Å². The summed E-state index contributed by atoms with van der Waals surface area (Å²) in [6.45, 7) is 2.20. The molecule has 0 saturated carbocycles. The van der Waals surface area contributed by atoms with Crippen LogP contribution in [0.25, 0.3) is 11.3 Å². The second kappa shape index (κ2) is 4.17. The predicted molar refractivity (Wildman–Crippen MR) is 67.9 cm³/mol. The van der Waals surface area contributed by atoms with Gasteiger partial charge in [0.25, 0.3) is 0 Å². The van der Waals surface area contributed by atoms with Crippen LogP contribution in [0.1, 0.15) is 23.0 Å². The van der Waals surface area contributed by atoms with Crippen molar-refractivity contribution in [1.29, 1.82) is 0 Å². The van der Waals surface area contributed by atoms with E-state index in [2.05, 4.69) is 18.1 Å². The minimum Gasteiger partial charge on any atom is -0.476 e. The zero-order valence-corrected chi connectivity index (χ0v) is 10.5. The predicted octanol–water partition coefficient (Wildman–Crippen LogP) is 3.08. The van der Waals surface area contributed by atoms with Crippen molar-refractivity contribution in [3.63, 3.8) is 0 Å². The number of fused-ring (bicyclic) bond motifs is 1. The van der Waals surface area contributed by atoms with E-state index in [-0.39, 0.29) is 5.69 Å². The van der Waals surface area contributed by atoms with Crippen LogP contribution >= 0.6 is 11.8 Å². The number of nitrogens with zero attached hydrogens (tertiary/aromatic N) is 1. The lowest BCUT2D eigenvalue weighted by atomic mass is 10.1. The molecule has 0 fully saturated rings. The molecule has 1 unspecified atom stereocenters. The van der Waals surface area contributed by atoms with Gasteiger partial charge in [-0.3, -0.25) is 0 Å². The average molecular weight is 261 g/mol. The van der Waals surface area contributed by atoms with Crippen molar-refractivity contribution >= 4 is 17.7 Å². The lowest BCUT2D eigenvalue weighted by Crippen LogP contribution is -1.94. The number of benzene rings is 1. The fraction of sp³-hybridized carbons (Fsp3) is 0.231. The van der Waals surface area contributed by atoms with Gasteiger partial charge in [-0.05, 0) is 18.1 Å². The summed E-state index contributed by atoms with van der Waals surface area (Å²) >= 11 is 1.83. The fourth-order valence-corrected chi connectivity index (χ4v) is 3.26. The molecule has 4 nitrogen and oxygen atoms in total. The van der Waals surface area contributed by atoms with E-state index in [9.17, 15) is 4.79 Å². The Hall–Kier alpha value is -1.75. The highest BCUT2D eigenvalue weighted by molar-refractivity contribution is 8.00. The zero-order chi connectivity index (χ0) is 12.7. The molecule has 18 heavy (non-hydrogen) atoms. The average Bonchev–Trinajstić information content (AvgIpc) is 2.91. The maximum Gasteiger partial charge on any atom is 0.358 e. The first-order chi connectivity index (χ1) is 8.63. The Balaban J connectivity index is 1.97. The number of aromatic nitrogens is 1. The topological polar surface area (TPSA) is 63.3 Å². The van der Waals surface area contributed by atoms with Crippen molar-refractivity contribution in [2.24, 2.45) is 0 Å². The molecular formula is C13H11NO3S. The number of carbonyl (C=O) groups is 1. The van der Waals surface area contributed by atoms with E-state index in [1.807, 2.05) is 23.9 Å². The monoisotopic (exact) mass is 261 g/mol. The summed E-state index contributed by atoms with van der Waals surface area (Å²) in [5.41, 5.74) is 2.15. The molecule has 3 rings (SSSR count). The summed E-state index contributed by atoms with van der Waals surface area (Å²) in [4.78, 5) is 12.0. The van der Waals surface area contributed by atoms with Crippen molar-refractivity contribution in [2.75, 3.05) is 0 Å². The summed E-state index contributed by atoms with van der Waals surface area (Å²) in [5.74, 6) is -0.579. The third-order valence-corrected chi connectivity index (χ3v) is 4.12. The summed E-state index contributed by atoms with van der Waals surface area (Å²) < 4.78 is 5.06. The van der Waals surface area contributed by atoms with Gasteiger partial charge >= 0.3 is 5.97 Å². The van der Waals surface area contributed by atoms with E-state index in [1.54, 1.807) is 0 Å². The van der Waals surface area contributed by atoms with Crippen LogP contribution < -0.4 is 0 Å². The molecular weight excluding hydrogens is 250 g/mol. The Morgan fingerprint density at radius 2 is 2.33 bits per heavy atom. The van der Waals surface area contributed by atoms with Gasteiger partial charge in [0.05, 0.1) is 0 Å². The minimum absolute atomic E-state index is 0.0634. The Labute approximate surface area is 108 Å². The first kappa shape index (κ1) is 11.3. The summed E-state index contributed by atoms with van der Waals surface area (Å²) in [5, 5.41) is 12.9. The van der Waals surface area contributed by atoms with Gasteiger partial charge < -0.3 is 9.63 Å². The van der Waals surface area contributed by atoms with Crippen LogP contribution in [-0.2, 0) is 6.42 Å². The van der Waals surface area contributed by atoms with E-state index in [0.29, 0.717) is 11.0 Å². The molecule has 2 aromatic rings. The van der Waals surface area contributed by atoms with Gasteiger partial charge in [0.1, 0.15) is 0 Å². The van der Waals surface area contributed by atoms with Crippen molar-refractivity contribution in [3.8, 4) is 11.3 Å². The molecule has 92 valence electrons.